The Balaban J connectivity index is 3.51. The summed E-state index contributed by atoms with van der Waals surface area (Å²) in [6, 6.07) is 0.178. The summed E-state index contributed by atoms with van der Waals surface area (Å²) in [5.74, 6) is 0. The third kappa shape index (κ3) is 1.93. The topological polar surface area (TPSA) is 32.3 Å². The number of carbonyl (C=O) groups excluding carboxylic acids is 1. The zero-order valence-corrected chi connectivity index (χ0v) is 5.43. The molecule has 0 heterocycles. The van der Waals surface area contributed by atoms with Crippen LogP contribution in [0, 0.1) is 0 Å². The maximum absolute atomic E-state index is 9.92. The first-order chi connectivity index (χ1) is 3.72. The minimum Gasteiger partial charge on any atom is -0.267 e. The second-order valence-electron chi connectivity index (χ2n) is 1.78. The van der Waals surface area contributed by atoms with Crippen LogP contribution in [0.15, 0.2) is 0 Å². The molecule has 3 nitrogen and oxygen atoms in total. The molecule has 0 saturated carbocycles. The monoisotopic (exact) mass is 115 g/mol. The van der Waals surface area contributed by atoms with Gasteiger partial charge in [0.15, 0.2) is 0 Å². The zero-order chi connectivity index (χ0) is 6.57. The van der Waals surface area contributed by atoms with Crippen LogP contribution in [0.4, 0.5) is 0 Å². The number of amides is 1. The second kappa shape index (κ2) is 3.43. The molecule has 0 spiro atoms. The quantitative estimate of drug-likeness (QED) is 0.411. The van der Waals surface area contributed by atoms with Crippen molar-refractivity contribution >= 4 is 6.41 Å². The average Bonchev–Trinajstić information content (AvgIpc) is 1.69. The molecule has 1 radical (unpaired) electrons. The van der Waals surface area contributed by atoms with E-state index in [1.54, 1.807) is 13.5 Å². The molecule has 47 valence electrons. The number of hydrazine groups is 1. The molecule has 0 saturated heterocycles. The Bertz CT molecular complexity index is 72.8. The lowest BCUT2D eigenvalue weighted by Crippen LogP contribution is -2.39. The smallest absolute Gasteiger partial charge is 0.267 e. The summed E-state index contributed by atoms with van der Waals surface area (Å²) in [6.07, 6.45) is 1.72. The van der Waals surface area contributed by atoms with Crippen LogP contribution in [-0.2, 0) is 4.79 Å². The average molecular weight is 115 g/mol. The van der Waals surface area contributed by atoms with Gasteiger partial charge in [0.2, 0.25) is 0 Å². The first-order valence-corrected chi connectivity index (χ1v) is 2.56. The Kier molecular flexibility index (Phi) is 3.19. The largest absolute Gasteiger partial charge is 0.327 e. The first-order valence-electron chi connectivity index (χ1n) is 2.56. The van der Waals surface area contributed by atoms with Crippen molar-refractivity contribution in [1.82, 2.24) is 10.4 Å². The van der Waals surface area contributed by atoms with Gasteiger partial charge >= 0.3 is 6.41 Å². The van der Waals surface area contributed by atoms with Crippen LogP contribution in [-0.4, -0.2) is 24.5 Å². The van der Waals surface area contributed by atoms with Gasteiger partial charge in [0.05, 0.1) is 0 Å². The lowest BCUT2D eigenvalue weighted by Gasteiger charge is -2.17. The van der Waals surface area contributed by atoms with Gasteiger partial charge in [0.1, 0.15) is 0 Å². The lowest BCUT2D eigenvalue weighted by molar-refractivity contribution is 0.263. The van der Waals surface area contributed by atoms with Gasteiger partial charge in [-0.05, 0) is 13.8 Å². The lowest BCUT2D eigenvalue weighted by atomic mass is 10.4. The standard InChI is InChI=1S/C5H11N2O/c1-5(2)7(4-8)6-3/h5-6H,1-3H3. The van der Waals surface area contributed by atoms with Crippen molar-refractivity contribution in [3.05, 3.63) is 0 Å². The molecule has 0 bridgehead atoms. The van der Waals surface area contributed by atoms with Gasteiger partial charge < -0.3 is 0 Å². The van der Waals surface area contributed by atoms with Crippen LogP contribution < -0.4 is 5.43 Å². The van der Waals surface area contributed by atoms with Crippen molar-refractivity contribution in [2.24, 2.45) is 0 Å². The third-order valence-corrected chi connectivity index (χ3v) is 0.856. The molecule has 0 aliphatic heterocycles. The van der Waals surface area contributed by atoms with Crippen molar-refractivity contribution in [2.75, 3.05) is 7.05 Å². The van der Waals surface area contributed by atoms with E-state index in [9.17, 15) is 4.79 Å². The van der Waals surface area contributed by atoms with Crippen LogP contribution in [0.1, 0.15) is 13.8 Å². The Morgan fingerprint density at radius 2 is 2.12 bits per heavy atom. The van der Waals surface area contributed by atoms with E-state index in [1.165, 1.54) is 5.01 Å². The van der Waals surface area contributed by atoms with Crippen molar-refractivity contribution in [3.8, 4) is 0 Å². The molecule has 8 heavy (non-hydrogen) atoms. The van der Waals surface area contributed by atoms with Gasteiger partial charge in [0.25, 0.3) is 0 Å². The number of nitrogens with one attached hydrogen (secondary N) is 1. The minimum absolute atomic E-state index is 0.178. The molecule has 0 unspecified atom stereocenters. The van der Waals surface area contributed by atoms with Gasteiger partial charge in [0, 0.05) is 13.1 Å². The van der Waals surface area contributed by atoms with E-state index in [0.29, 0.717) is 0 Å². The Morgan fingerprint density at radius 3 is 2.12 bits per heavy atom. The molecule has 0 aliphatic carbocycles. The van der Waals surface area contributed by atoms with Crippen molar-refractivity contribution < 1.29 is 4.79 Å². The van der Waals surface area contributed by atoms with Crippen molar-refractivity contribution in [3.63, 3.8) is 0 Å². The second-order valence-corrected chi connectivity index (χ2v) is 1.78. The fraction of sp³-hybridized carbons (Fsp3) is 0.800. The highest BCUT2D eigenvalue weighted by molar-refractivity contribution is 5.47. The zero-order valence-electron chi connectivity index (χ0n) is 5.43. The van der Waals surface area contributed by atoms with Gasteiger partial charge in [-0.15, -0.1) is 0 Å². The van der Waals surface area contributed by atoms with E-state index in [1.807, 2.05) is 13.8 Å². The normalized spacial score (nSPS) is 9.50. The number of hydrogen-bond donors (Lipinski definition) is 1. The van der Waals surface area contributed by atoms with E-state index in [4.69, 9.17) is 0 Å². The number of hydrogen-bond acceptors (Lipinski definition) is 2. The van der Waals surface area contributed by atoms with Crippen molar-refractivity contribution in [2.45, 2.75) is 19.9 Å². The predicted molar refractivity (Wildman–Crippen MR) is 31.7 cm³/mol. The molecule has 0 aromatic heterocycles. The Labute approximate surface area is 49.6 Å². The molecule has 0 atom stereocenters. The highest BCUT2D eigenvalue weighted by Gasteiger charge is 2.01. The Morgan fingerprint density at radius 1 is 1.62 bits per heavy atom. The summed E-state index contributed by atoms with van der Waals surface area (Å²) in [5, 5.41) is 1.36. The fourth-order valence-electron chi connectivity index (χ4n) is 0.409. The molecule has 3 heteroatoms. The first kappa shape index (κ1) is 7.43. The summed E-state index contributed by atoms with van der Waals surface area (Å²) in [5.41, 5.74) is 2.66. The molecular formula is C5H11N2O. The van der Waals surface area contributed by atoms with E-state index < -0.39 is 0 Å². The SMILES string of the molecule is CNN([C]=O)C(C)C. The van der Waals surface area contributed by atoms with E-state index in [-0.39, 0.29) is 6.04 Å². The highest BCUT2D eigenvalue weighted by Crippen LogP contribution is 1.85. The molecule has 0 rings (SSSR count). The van der Waals surface area contributed by atoms with Gasteiger partial charge in [-0.1, -0.05) is 0 Å². The van der Waals surface area contributed by atoms with E-state index in [2.05, 4.69) is 5.43 Å². The summed E-state index contributed by atoms with van der Waals surface area (Å²) in [7, 11) is 1.69. The van der Waals surface area contributed by atoms with E-state index >= 15 is 0 Å². The van der Waals surface area contributed by atoms with Crippen LogP contribution in [0.3, 0.4) is 0 Å². The fourth-order valence-corrected chi connectivity index (χ4v) is 0.409. The third-order valence-electron chi connectivity index (χ3n) is 0.856. The predicted octanol–water partition coefficient (Wildman–Crippen LogP) is -0.102. The summed E-state index contributed by atoms with van der Waals surface area (Å²) < 4.78 is 0. The van der Waals surface area contributed by atoms with Crippen LogP contribution in [0.25, 0.3) is 0 Å². The molecule has 1 amide bonds. The van der Waals surface area contributed by atoms with Crippen molar-refractivity contribution in [1.29, 1.82) is 0 Å². The maximum Gasteiger partial charge on any atom is 0.327 e. The maximum atomic E-state index is 9.92. The number of rotatable bonds is 3. The Hall–Kier alpha value is -0.570. The van der Waals surface area contributed by atoms with Crippen LogP contribution in [0.5, 0.6) is 0 Å². The van der Waals surface area contributed by atoms with E-state index in [0.717, 1.165) is 0 Å². The molecular weight excluding hydrogens is 104 g/mol. The molecule has 0 aromatic carbocycles. The van der Waals surface area contributed by atoms with Crippen LogP contribution in [0.2, 0.25) is 0 Å². The highest BCUT2D eigenvalue weighted by atomic mass is 16.1. The number of nitrogens with zero attached hydrogens (tertiary/aromatic N) is 1. The molecule has 1 N–H and O–H groups in total. The van der Waals surface area contributed by atoms with Gasteiger partial charge in [-0.2, -0.15) is 0 Å². The summed E-state index contributed by atoms with van der Waals surface area (Å²) in [4.78, 5) is 9.92. The summed E-state index contributed by atoms with van der Waals surface area (Å²) >= 11 is 0. The van der Waals surface area contributed by atoms with Crippen LogP contribution >= 0.6 is 0 Å². The summed E-state index contributed by atoms with van der Waals surface area (Å²) in [6.45, 7) is 3.81. The van der Waals surface area contributed by atoms with Gasteiger partial charge in [-0.3, -0.25) is 9.80 Å². The molecule has 0 aromatic rings. The minimum atomic E-state index is 0.178. The molecule has 0 aliphatic rings. The molecule has 0 fully saturated rings. The van der Waals surface area contributed by atoms with Gasteiger partial charge in [-0.25, -0.2) is 5.43 Å².